The molecule has 0 unspecified atom stereocenters. The fraction of sp³-hybridized carbons (Fsp3) is 0.412. The molecule has 2 rings (SSSR count). The fourth-order valence-electron chi connectivity index (χ4n) is 2.50. The number of carbonyl (C=O) groups is 3. The first-order valence-corrected chi connectivity index (χ1v) is 9.58. The molecule has 2 aromatic heterocycles. The van der Waals surface area contributed by atoms with E-state index in [4.69, 9.17) is 14.2 Å². The molecular weight excluding hydrogens is 420 g/mol. The SMILES string of the molecule is CCOC(=O)c1sc(NC(=O)Cn2cc([N+](=O)[O-])c(OC)n2)c(C(=O)OCC)c1C. The van der Waals surface area contributed by atoms with Crippen molar-refractivity contribution < 1.29 is 33.5 Å². The monoisotopic (exact) mass is 440 g/mol. The maximum absolute atomic E-state index is 12.5. The molecule has 12 nitrogen and oxygen atoms in total. The van der Waals surface area contributed by atoms with Crippen LogP contribution in [0.4, 0.5) is 10.7 Å². The Morgan fingerprint density at radius 2 is 1.87 bits per heavy atom. The van der Waals surface area contributed by atoms with Gasteiger partial charge in [-0.2, -0.15) is 0 Å². The number of carbonyl (C=O) groups excluding carboxylic acids is 3. The van der Waals surface area contributed by atoms with Crippen molar-refractivity contribution in [3.8, 4) is 5.88 Å². The van der Waals surface area contributed by atoms with Gasteiger partial charge in [0.2, 0.25) is 5.91 Å². The normalized spacial score (nSPS) is 10.4. The molecule has 162 valence electrons. The molecule has 13 heteroatoms. The average molecular weight is 440 g/mol. The Bertz CT molecular complexity index is 981. The summed E-state index contributed by atoms with van der Waals surface area (Å²) in [5.41, 5.74) is -0.0278. The quantitative estimate of drug-likeness (QED) is 0.351. The summed E-state index contributed by atoms with van der Waals surface area (Å²) in [6.45, 7) is 4.68. The minimum Gasteiger partial charge on any atom is -0.475 e. The van der Waals surface area contributed by atoms with E-state index in [9.17, 15) is 24.5 Å². The average Bonchev–Trinajstić information content (AvgIpc) is 3.23. The molecule has 2 heterocycles. The summed E-state index contributed by atoms with van der Waals surface area (Å²) in [4.78, 5) is 47.4. The van der Waals surface area contributed by atoms with Gasteiger partial charge in [-0.05, 0) is 26.3 Å². The molecule has 0 spiro atoms. The van der Waals surface area contributed by atoms with Crippen LogP contribution in [0.15, 0.2) is 6.20 Å². The third-order valence-corrected chi connectivity index (χ3v) is 4.93. The first kappa shape index (κ1) is 22.8. The highest BCUT2D eigenvalue weighted by Gasteiger charge is 2.28. The molecule has 0 aliphatic rings. The third kappa shape index (κ3) is 4.92. The Hall–Kier alpha value is -3.48. The van der Waals surface area contributed by atoms with E-state index in [1.54, 1.807) is 20.8 Å². The molecular formula is C17H20N4O8S. The number of thiophene rings is 1. The van der Waals surface area contributed by atoms with Crippen molar-refractivity contribution in [3.05, 3.63) is 32.3 Å². The van der Waals surface area contributed by atoms with E-state index >= 15 is 0 Å². The Morgan fingerprint density at radius 3 is 2.40 bits per heavy atom. The first-order valence-electron chi connectivity index (χ1n) is 8.76. The predicted molar refractivity (Wildman–Crippen MR) is 105 cm³/mol. The zero-order valence-corrected chi connectivity index (χ0v) is 17.5. The van der Waals surface area contributed by atoms with Crippen LogP contribution in [-0.4, -0.2) is 52.9 Å². The molecule has 0 radical (unpaired) electrons. The number of nitro groups is 1. The molecule has 0 saturated heterocycles. The molecule has 0 aliphatic heterocycles. The van der Waals surface area contributed by atoms with Gasteiger partial charge in [-0.25, -0.2) is 9.59 Å². The van der Waals surface area contributed by atoms with Gasteiger partial charge in [-0.1, -0.05) is 0 Å². The van der Waals surface area contributed by atoms with Gasteiger partial charge in [0, 0.05) is 0 Å². The van der Waals surface area contributed by atoms with Crippen molar-refractivity contribution in [1.82, 2.24) is 9.78 Å². The molecule has 0 aliphatic carbocycles. The number of nitrogens with zero attached hydrogens (tertiary/aromatic N) is 3. The second-order valence-electron chi connectivity index (χ2n) is 5.73. The lowest BCUT2D eigenvalue weighted by atomic mass is 10.1. The van der Waals surface area contributed by atoms with Crippen LogP contribution in [-0.2, 0) is 20.8 Å². The smallest absolute Gasteiger partial charge is 0.350 e. The van der Waals surface area contributed by atoms with E-state index in [1.165, 1.54) is 7.11 Å². The predicted octanol–water partition coefficient (Wildman–Crippen LogP) is 2.16. The summed E-state index contributed by atoms with van der Waals surface area (Å²) in [6.07, 6.45) is 1.05. The second-order valence-corrected chi connectivity index (χ2v) is 6.75. The van der Waals surface area contributed by atoms with Crippen molar-refractivity contribution in [2.75, 3.05) is 25.6 Å². The Labute approximate surface area is 174 Å². The molecule has 30 heavy (non-hydrogen) atoms. The van der Waals surface area contributed by atoms with Crippen molar-refractivity contribution in [3.63, 3.8) is 0 Å². The molecule has 0 fully saturated rings. The molecule has 0 aromatic carbocycles. The number of nitrogens with one attached hydrogen (secondary N) is 1. The highest BCUT2D eigenvalue weighted by Crippen LogP contribution is 2.34. The lowest BCUT2D eigenvalue weighted by Crippen LogP contribution is -2.20. The van der Waals surface area contributed by atoms with Crippen LogP contribution in [0.25, 0.3) is 0 Å². The molecule has 1 N–H and O–H groups in total. The van der Waals surface area contributed by atoms with E-state index in [-0.39, 0.29) is 34.5 Å². The van der Waals surface area contributed by atoms with Crippen LogP contribution in [0.1, 0.15) is 39.4 Å². The van der Waals surface area contributed by atoms with Gasteiger partial charge in [-0.3, -0.25) is 19.6 Å². The van der Waals surface area contributed by atoms with Crippen molar-refractivity contribution in [2.45, 2.75) is 27.3 Å². The zero-order chi connectivity index (χ0) is 22.4. The van der Waals surface area contributed by atoms with E-state index in [2.05, 4.69) is 10.4 Å². The summed E-state index contributed by atoms with van der Waals surface area (Å²) in [6, 6.07) is 0. The van der Waals surface area contributed by atoms with E-state index in [0.29, 0.717) is 5.56 Å². The van der Waals surface area contributed by atoms with Gasteiger partial charge in [0.25, 0.3) is 0 Å². The van der Waals surface area contributed by atoms with Crippen molar-refractivity contribution in [1.29, 1.82) is 0 Å². The largest absolute Gasteiger partial charge is 0.475 e. The molecule has 0 saturated carbocycles. The number of hydrogen-bond donors (Lipinski definition) is 1. The number of ether oxygens (including phenoxy) is 3. The summed E-state index contributed by atoms with van der Waals surface area (Å²) in [7, 11) is 1.22. The van der Waals surface area contributed by atoms with Gasteiger partial charge >= 0.3 is 23.5 Å². The summed E-state index contributed by atoms with van der Waals surface area (Å²) < 4.78 is 15.8. The minimum absolute atomic E-state index is 0.0438. The molecule has 2 aromatic rings. The van der Waals surface area contributed by atoms with E-state index in [1.807, 2.05) is 0 Å². The Morgan fingerprint density at radius 1 is 1.23 bits per heavy atom. The number of amides is 1. The minimum atomic E-state index is -0.700. The number of hydrogen-bond acceptors (Lipinski definition) is 10. The van der Waals surface area contributed by atoms with Gasteiger partial charge in [0.15, 0.2) is 0 Å². The number of rotatable bonds is 9. The number of methoxy groups -OCH3 is 1. The lowest BCUT2D eigenvalue weighted by Gasteiger charge is -2.07. The van der Waals surface area contributed by atoms with Gasteiger partial charge < -0.3 is 19.5 Å². The topological polar surface area (TPSA) is 152 Å². The van der Waals surface area contributed by atoms with E-state index in [0.717, 1.165) is 22.2 Å². The fourth-order valence-corrected chi connectivity index (χ4v) is 3.60. The summed E-state index contributed by atoms with van der Waals surface area (Å²) in [5, 5.41) is 17.4. The highest BCUT2D eigenvalue weighted by molar-refractivity contribution is 7.18. The summed E-state index contributed by atoms with van der Waals surface area (Å²) >= 11 is 0.875. The zero-order valence-electron chi connectivity index (χ0n) is 16.7. The number of anilines is 1. The van der Waals surface area contributed by atoms with Crippen LogP contribution in [0.5, 0.6) is 5.88 Å². The van der Waals surface area contributed by atoms with Crippen molar-refractivity contribution >= 4 is 39.9 Å². The Balaban J connectivity index is 2.30. The number of esters is 2. The van der Waals surface area contributed by atoms with Crippen LogP contribution in [0, 0.1) is 17.0 Å². The Kier molecular flexibility index (Phi) is 7.47. The highest BCUT2D eigenvalue weighted by atomic mass is 32.1. The van der Waals surface area contributed by atoms with Gasteiger partial charge in [0.1, 0.15) is 22.6 Å². The third-order valence-electron chi connectivity index (χ3n) is 3.75. The molecule has 0 bridgehead atoms. The maximum Gasteiger partial charge on any atom is 0.350 e. The van der Waals surface area contributed by atoms with Crippen LogP contribution < -0.4 is 10.1 Å². The van der Waals surface area contributed by atoms with Crippen LogP contribution in [0.3, 0.4) is 0 Å². The number of aromatic nitrogens is 2. The van der Waals surface area contributed by atoms with E-state index < -0.39 is 35.0 Å². The van der Waals surface area contributed by atoms with Gasteiger partial charge in [-0.15, -0.1) is 16.4 Å². The lowest BCUT2D eigenvalue weighted by molar-refractivity contribution is -0.385. The van der Waals surface area contributed by atoms with Crippen LogP contribution >= 0.6 is 11.3 Å². The maximum atomic E-state index is 12.5. The van der Waals surface area contributed by atoms with Gasteiger partial charge in [0.05, 0.1) is 30.8 Å². The second kappa shape index (κ2) is 9.82. The van der Waals surface area contributed by atoms with Crippen LogP contribution in [0.2, 0.25) is 0 Å². The standard InChI is InChI=1S/C17H20N4O8S/c1-5-28-16(23)12-9(3)13(17(24)29-6-2)30-15(12)18-11(22)8-20-7-10(21(25)26)14(19-20)27-4/h7H,5-6,8H2,1-4H3,(H,18,22). The molecule has 1 amide bonds. The van der Waals surface area contributed by atoms with Crippen molar-refractivity contribution in [2.24, 2.45) is 0 Å². The first-order chi connectivity index (χ1) is 14.2. The molecule has 0 atom stereocenters. The summed E-state index contributed by atoms with van der Waals surface area (Å²) in [5.74, 6) is -2.19.